The average Bonchev–Trinajstić information content (AvgIpc) is 2.88. The van der Waals surface area contributed by atoms with Crippen molar-refractivity contribution in [3.05, 3.63) is 30.0 Å². The Morgan fingerprint density at radius 1 is 1.33 bits per heavy atom. The maximum Gasteiger partial charge on any atom is 0.262 e. The van der Waals surface area contributed by atoms with E-state index in [1.165, 1.54) is 11.8 Å². The van der Waals surface area contributed by atoms with Crippen molar-refractivity contribution < 1.29 is 19.0 Å². The molecule has 0 aliphatic carbocycles. The van der Waals surface area contributed by atoms with E-state index in [0.717, 1.165) is 0 Å². The monoisotopic (exact) mass is 289 g/mol. The molecule has 21 heavy (non-hydrogen) atoms. The fourth-order valence-electron chi connectivity index (χ4n) is 2.09. The highest BCUT2D eigenvalue weighted by molar-refractivity contribution is 6.05. The Hall–Kier alpha value is -2.70. The lowest BCUT2D eigenvalue weighted by atomic mass is 10.2. The summed E-state index contributed by atoms with van der Waals surface area (Å²) >= 11 is 0. The smallest absolute Gasteiger partial charge is 0.262 e. The lowest BCUT2D eigenvalue weighted by molar-refractivity contribution is 0.102. The molecule has 7 nitrogen and oxygen atoms in total. The second-order valence-electron chi connectivity index (χ2n) is 4.54. The van der Waals surface area contributed by atoms with Crippen molar-refractivity contribution in [3.63, 3.8) is 0 Å². The highest BCUT2D eigenvalue weighted by Gasteiger charge is 2.18. The van der Waals surface area contributed by atoms with Gasteiger partial charge in [0.1, 0.15) is 18.8 Å². The number of rotatable bonds is 3. The molecule has 1 aromatic carbocycles. The van der Waals surface area contributed by atoms with E-state index in [0.29, 0.717) is 36.0 Å². The van der Waals surface area contributed by atoms with Crippen LogP contribution in [0, 0.1) is 0 Å². The number of nitrogens with one attached hydrogen (secondary N) is 1. The Morgan fingerprint density at radius 2 is 2.10 bits per heavy atom. The van der Waals surface area contributed by atoms with Crippen LogP contribution in [0.3, 0.4) is 0 Å². The lowest BCUT2D eigenvalue weighted by Gasteiger charge is -2.18. The SMILES string of the molecule is COc1nn(C)cc1C(=O)Nc1ccc2c(c1)OCCO2. The Balaban J connectivity index is 1.81. The summed E-state index contributed by atoms with van der Waals surface area (Å²) in [5.41, 5.74) is 0.991. The first-order valence-electron chi connectivity index (χ1n) is 6.46. The van der Waals surface area contributed by atoms with Gasteiger partial charge in [0.15, 0.2) is 11.5 Å². The van der Waals surface area contributed by atoms with Gasteiger partial charge in [-0.2, -0.15) is 0 Å². The summed E-state index contributed by atoms with van der Waals surface area (Å²) in [4.78, 5) is 12.3. The van der Waals surface area contributed by atoms with Crippen molar-refractivity contribution in [3.8, 4) is 17.4 Å². The van der Waals surface area contributed by atoms with E-state index in [-0.39, 0.29) is 11.8 Å². The molecule has 1 N–H and O–H groups in total. The van der Waals surface area contributed by atoms with Crippen molar-refractivity contribution in [1.82, 2.24) is 9.78 Å². The molecule has 2 aromatic rings. The number of carbonyl (C=O) groups excluding carboxylic acids is 1. The molecule has 3 rings (SSSR count). The number of nitrogens with zero attached hydrogens (tertiary/aromatic N) is 2. The highest BCUT2D eigenvalue weighted by Crippen LogP contribution is 2.32. The summed E-state index contributed by atoms with van der Waals surface area (Å²) in [6.07, 6.45) is 1.60. The van der Waals surface area contributed by atoms with Crippen LogP contribution in [-0.2, 0) is 7.05 Å². The minimum Gasteiger partial charge on any atom is -0.486 e. The van der Waals surface area contributed by atoms with Crippen LogP contribution in [0.15, 0.2) is 24.4 Å². The number of fused-ring (bicyclic) bond motifs is 1. The lowest BCUT2D eigenvalue weighted by Crippen LogP contribution is -2.16. The molecule has 0 saturated heterocycles. The summed E-state index contributed by atoms with van der Waals surface area (Å²) in [7, 11) is 3.20. The van der Waals surface area contributed by atoms with Crippen LogP contribution in [0.2, 0.25) is 0 Å². The zero-order valence-corrected chi connectivity index (χ0v) is 11.8. The van der Waals surface area contributed by atoms with Crippen LogP contribution < -0.4 is 19.5 Å². The van der Waals surface area contributed by atoms with E-state index < -0.39 is 0 Å². The van der Waals surface area contributed by atoms with E-state index in [2.05, 4.69) is 10.4 Å². The number of amides is 1. The quantitative estimate of drug-likeness (QED) is 0.925. The van der Waals surface area contributed by atoms with E-state index in [1.807, 2.05) is 0 Å². The molecule has 1 aromatic heterocycles. The third-order valence-corrected chi connectivity index (χ3v) is 3.03. The first kappa shape index (κ1) is 13.3. The maximum absolute atomic E-state index is 12.3. The summed E-state index contributed by atoms with van der Waals surface area (Å²) in [5, 5.41) is 6.84. The predicted molar refractivity (Wildman–Crippen MR) is 75.1 cm³/mol. The first-order chi connectivity index (χ1) is 10.2. The molecule has 110 valence electrons. The molecule has 0 unspecified atom stereocenters. The molecule has 1 aliphatic heterocycles. The summed E-state index contributed by atoms with van der Waals surface area (Å²) in [5.74, 6) is 1.29. The number of carbonyl (C=O) groups is 1. The molecule has 1 aliphatic rings. The van der Waals surface area contributed by atoms with Crippen LogP contribution >= 0.6 is 0 Å². The predicted octanol–water partition coefficient (Wildman–Crippen LogP) is 1.45. The van der Waals surface area contributed by atoms with Crippen molar-refractivity contribution >= 4 is 11.6 Å². The third-order valence-electron chi connectivity index (χ3n) is 3.03. The van der Waals surface area contributed by atoms with Gasteiger partial charge in [-0.05, 0) is 12.1 Å². The average molecular weight is 289 g/mol. The number of hydrogen-bond acceptors (Lipinski definition) is 5. The van der Waals surface area contributed by atoms with Crippen LogP contribution in [0.4, 0.5) is 5.69 Å². The van der Waals surface area contributed by atoms with Gasteiger partial charge in [-0.15, -0.1) is 5.10 Å². The van der Waals surface area contributed by atoms with Gasteiger partial charge >= 0.3 is 0 Å². The zero-order chi connectivity index (χ0) is 14.8. The van der Waals surface area contributed by atoms with E-state index >= 15 is 0 Å². The standard InChI is InChI=1S/C14H15N3O4/c1-17-8-10(14(16-17)19-2)13(18)15-9-3-4-11-12(7-9)21-6-5-20-11/h3-4,7-8H,5-6H2,1-2H3,(H,15,18). The number of anilines is 1. The van der Waals surface area contributed by atoms with E-state index in [9.17, 15) is 4.79 Å². The Morgan fingerprint density at radius 3 is 2.86 bits per heavy atom. The van der Waals surface area contributed by atoms with Gasteiger partial charge in [-0.3, -0.25) is 9.48 Å². The van der Waals surface area contributed by atoms with Crippen molar-refractivity contribution in [2.45, 2.75) is 0 Å². The fourth-order valence-corrected chi connectivity index (χ4v) is 2.09. The van der Waals surface area contributed by atoms with Crippen LogP contribution in [0.5, 0.6) is 17.4 Å². The number of ether oxygens (including phenoxy) is 3. The molecular formula is C14H15N3O4. The van der Waals surface area contributed by atoms with Gasteiger partial charge in [0.05, 0.1) is 7.11 Å². The van der Waals surface area contributed by atoms with Crippen LogP contribution in [-0.4, -0.2) is 36.0 Å². The molecule has 0 fully saturated rings. The molecule has 0 saturated carbocycles. The van der Waals surface area contributed by atoms with Gasteiger partial charge in [-0.25, -0.2) is 0 Å². The molecule has 2 heterocycles. The van der Waals surface area contributed by atoms with Gasteiger partial charge in [0.2, 0.25) is 5.88 Å². The van der Waals surface area contributed by atoms with Gasteiger partial charge in [0.25, 0.3) is 5.91 Å². The number of hydrogen-bond donors (Lipinski definition) is 1. The maximum atomic E-state index is 12.3. The molecule has 0 bridgehead atoms. The molecule has 0 spiro atoms. The van der Waals surface area contributed by atoms with Crippen molar-refractivity contribution in [2.24, 2.45) is 7.05 Å². The van der Waals surface area contributed by atoms with E-state index in [4.69, 9.17) is 14.2 Å². The summed E-state index contributed by atoms with van der Waals surface area (Å²) in [6.45, 7) is 1.03. The molecule has 0 radical (unpaired) electrons. The number of benzene rings is 1. The summed E-state index contributed by atoms with van der Waals surface area (Å²) < 4.78 is 17.5. The number of aromatic nitrogens is 2. The van der Waals surface area contributed by atoms with Crippen molar-refractivity contribution in [2.75, 3.05) is 25.6 Å². The molecule has 7 heteroatoms. The normalized spacial score (nSPS) is 12.9. The Kier molecular flexibility index (Phi) is 3.39. The zero-order valence-electron chi connectivity index (χ0n) is 11.8. The second-order valence-corrected chi connectivity index (χ2v) is 4.54. The fraction of sp³-hybridized carbons (Fsp3) is 0.286. The topological polar surface area (TPSA) is 74.6 Å². The molecular weight excluding hydrogens is 274 g/mol. The molecule has 1 amide bonds. The van der Waals surface area contributed by atoms with Gasteiger partial charge < -0.3 is 19.5 Å². The third kappa shape index (κ3) is 2.62. The van der Waals surface area contributed by atoms with Crippen LogP contribution in [0.25, 0.3) is 0 Å². The number of aryl methyl sites for hydroxylation is 1. The highest BCUT2D eigenvalue weighted by atomic mass is 16.6. The molecule has 0 atom stereocenters. The number of methoxy groups -OCH3 is 1. The Labute approximate surface area is 121 Å². The minimum atomic E-state index is -0.295. The minimum absolute atomic E-state index is 0.285. The Bertz CT molecular complexity index is 681. The van der Waals surface area contributed by atoms with Gasteiger partial charge in [0, 0.05) is 25.0 Å². The second kappa shape index (κ2) is 5.35. The summed E-state index contributed by atoms with van der Waals surface area (Å²) in [6, 6.07) is 5.26. The van der Waals surface area contributed by atoms with Crippen molar-refractivity contribution in [1.29, 1.82) is 0 Å². The van der Waals surface area contributed by atoms with Gasteiger partial charge in [-0.1, -0.05) is 0 Å². The first-order valence-corrected chi connectivity index (χ1v) is 6.46. The van der Waals surface area contributed by atoms with Crippen LogP contribution in [0.1, 0.15) is 10.4 Å². The van der Waals surface area contributed by atoms with E-state index in [1.54, 1.807) is 31.4 Å². The largest absolute Gasteiger partial charge is 0.486 e.